The standard InChI is InChI=1S/C33H35N7O4S2/c1-23-19-29(39-38-23)35-31-30(43-2)32(40-17-15-34-16-18-40)37-33(36-31)45-27-11-13-28(14-12-27)46(41,42)22-25-9-6-10-26(20-25)44-21-24-7-4-3-5-8-24/h3-14,19-20,34H,15-18,21-22H2,1-2H3,(H2,35,36,37,38,39). The number of aromatic amines is 1. The monoisotopic (exact) mass is 657 g/mol. The topological polar surface area (TPSA) is 134 Å². The van der Waals surface area contributed by atoms with Crippen molar-refractivity contribution in [3.63, 3.8) is 0 Å². The van der Waals surface area contributed by atoms with Crippen molar-refractivity contribution in [3.8, 4) is 11.5 Å². The number of methoxy groups -OCH3 is 1. The van der Waals surface area contributed by atoms with Crippen molar-refractivity contribution in [2.45, 2.75) is 34.2 Å². The summed E-state index contributed by atoms with van der Waals surface area (Å²) < 4.78 is 38.4. The first-order valence-electron chi connectivity index (χ1n) is 14.8. The number of piperazine rings is 1. The molecule has 0 amide bonds. The van der Waals surface area contributed by atoms with Gasteiger partial charge in [0.1, 0.15) is 12.4 Å². The smallest absolute Gasteiger partial charge is 0.204 e. The van der Waals surface area contributed by atoms with Crippen LogP contribution in [0.1, 0.15) is 16.8 Å². The van der Waals surface area contributed by atoms with E-state index in [2.05, 4.69) is 25.7 Å². The number of hydrogen-bond donors (Lipinski definition) is 3. The van der Waals surface area contributed by atoms with Crippen LogP contribution in [-0.2, 0) is 22.2 Å². The molecule has 1 aliphatic rings. The molecule has 1 fully saturated rings. The molecule has 0 radical (unpaired) electrons. The average Bonchev–Trinajstić information content (AvgIpc) is 3.49. The number of H-pyrrole nitrogens is 1. The van der Waals surface area contributed by atoms with Crippen molar-refractivity contribution in [2.75, 3.05) is 43.5 Å². The second-order valence-corrected chi connectivity index (χ2v) is 13.8. The first-order valence-corrected chi connectivity index (χ1v) is 17.3. The average molecular weight is 658 g/mol. The Hall–Kier alpha value is -4.59. The molecule has 11 nitrogen and oxygen atoms in total. The number of aromatic nitrogens is 4. The van der Waals surface area contributed by atoms with Gasteiger partial charge in [-0.25, -0.2) is 18.4 Å². The molecule has 2 aromatic heterocycles. The summed E-state index contributed by atoms with van der Waals surface area (Å²) in [7, 11) is -2.00. The minimum atomic E-state index is -3.60. The maximum Gasteiger partial charge on any atom is 0.204 e. The highest BCUT2D eigenvalue weighted by molar-refractivity contribution is 7.99. The lowest BCUT2D eigenvalue weighted by molar-refractivity contribution is 0.306. The van der Waals surface area contributed by atoms with Crippen molar-refractivity contribution >= 4 is 39.1 Å². The SMILES string of the molecule is COc1c(Nc2cc(C)[nH]n2)nc(Sc2ccc(S(=O)(=O)Cc3cccc(OCc4ccccc4)c3)cc2)nc1N1CCNCC1. The fourth-order valence-electron chi connectivity index (χ4n) is 5.02. The Morgan fingerprint density at radius 3 is 2.41 bits per heavy atom. The van der Waals surface area contributed by atoms with Gasteiger partial charge in [-0.15, -0.1) is 0 Å². The van der Waals surface area contributed by atoms with E-state index in [-0.39, 0.29) is 10.6 Å². The number of anilines is 3. The molecule has 0 spiro atoms. The fraction of sp³-hybridized carbons (Fsp3) is 0.242. The molecule has 1 aliphatic heterocycles. The summed E-state index contributed by atoms with van der Waals surface area (Å²) in [6.45, 7) is 5.53. The number of aryl methyl sites for hydroxylation is 1. The normalized spacial score (nSPS) is 13.4. The molecule has 238 valence electrons. The van der Waals surface area contributed by atoms with Gasteiger partial charge >= 0.3 is 0 Å². The minimum absolute atomic E-state index is 0.140. The zero-order chi connectivity index (χ0) is 31.9. The Balaban J connectivity index is 1.19. The van der Waals surface area contributed by atoms with Crippen molar-refractivity contribution in [2.24, 2.45) is 0 Å². The molecule has 6 rings (SSSR count). The maximum atomic E-state index is 13.4. The third kappa shape index (κ3) is 7.79. The fourth-order valence-corrected chi connectivity index (χ4v) is 7.11. The second-order valence-electron chi connectivity index (χ2n) is 10.8. The van der Waals surface area contributed by atoms with Crippen molar-refractivity contribution < 1.29 is 17.9 Å². The van der Waals surface area contributed by atoms with Crippen LogP contribution in [-0.4, -0.2) is 61.9 Å². The lowest BCUT2D eigenvalue weighted by atomic mass is 10.2. The van der Waals surface area contributed by atoms with Gasteiger partial charge in [0, 0.05) is 42.8 Å². The van der Waals surface area contributed by atoms with Crippen LogP contribution in [0, 0.1) is 6.92 Å². The zero-order valence-electron chi connectivity index (χ0n) is 25.6. The summed E-state index contributed by atoms with van der Waals surface area (Å²) in [5, 5.41) is 14.3. The Bertz CT molecular complexity index is 1880. The third-order valence-corrected chi connectivity index (χ3v) is 9.87. The van der Waals surface area contributed by atoms with E-state index in [0.29, 0.717) is 46.3 Å². The highest BCUT2D eigenvalue weighted by Gasteiger charge is 2.23. The number of ether oxygens (including phenoxy) is 2. The van der Waals surface area contributed by atoms with E-state index < -0.39 is 9.84 Å². The molecule has 3 N–H and O–H groups in total. The Morgan fingerprint density at radius 2 is 1.70 bits per heavy atom. The predicted molar refractivity (Wildman–Crippen MR) is 179 cm³/mol. The van der Waals surface area contributed by atoms with Crippen LogP contribution < -0.4 is 25.0 Å². The lowest BCUT2D eigenvalue weighted by Crippen LogP contribution is -2.44. The molecule has 0 aliphatic carbocycles. The van der Waals surface area contributed by atoms with Crippen LogP contribution in [0.4, 0.5) is 17.5 Å². The number of sulfone groups is 1. The van der Waals surface area contributed by atoms with Crippen LogP contribution >= 0.6 is 11.8 Å². The molecule has 5 aromatic rings. The quantitative estimate of drug-likeness (QED) is 0.149. The molecule has 0 saturated carbocycles. The summed E-state index contributed by atoms with van der Waals surface area (Å²) in [5.74, 6) is 2.81. The molecule has 13 heteroatoms. The number of benzene rings is 3. The van der Waals surface area contributed by atoms with Crippen LogP contribution in [0.5, 0.6) is 11.5 Å². The first kappa shape index (κ1) is 31.4. The molecule has 1 saturated heterocycles. The molecule has 0 bridgehead atoms. The van der Waals surface area contributed by atoms with Gasteiger partial charge in [0.25, 0.3) is 0 Å². The first-order chi connectivity index (χ1) is 22.4. The lowest BCUT2D eigenvalue weighted by Gasteiger charge is -2.30. The largest absolute Gasteiger partial charge is 0.490 e. The van der Waals surface area contributed by atoms with E-state index in [0.717, 1.165) is 42.3 Å². The summed E-state index contributed by atoms with van der Waals surface area (Å²) in [4.78, 5) is 12.8. The molecular weight excluding hydrogens is 623 g/mol. The van der Waals surface area contributed by atoms with Crippen LogP contribution in [0.15, 0.2) is 99.9 Å². The Labute approximate surface area is 272 Å². The van der Waals surface area contributed by atoms with Crippen LogP contribution in [0.2, 0.25) is 0 Å². The maximum absolute atomic E-state index is 13.4. The number of hydrogen-bond acceptors (Lipinski definition) is 11. The number of nitrogens with one attached hydrogen (secondary N) is 3. The molecule has 3 heterocycles. The van der Waals surface area contributed by atoms with Gasteiger partial charge in [-0.3, -0.25) is 5.10 Å². The Morgan fingerprint density at radius 1 is 0.935 bits per heavy atom. The molecule has 46 heavy (non-hydrogen) atoms. The summed E-state index contributed by atoms with van der Waals surface area (Å²) in [6.07, 6.45) is 0. The van der Waals surface area contributed by atoms with Gasteiger partial charge in [0.15, 0.2) is 32.4 Å². The Kier molecular flexibility index (Phi) is 9.71. The second kappa shape index (κ2) is 14.2. The van der Waals surface area contributed by atoms with E-state index in [4.69, 9.17) is 19.4 Å². The van der Waals surface area contributed by atoms with Gasteiger partial charge < -0.3 is 25.0 Å². The van der Waals surface area contributed by atoms with Crippen molar-refractivity contribution in [3.05, 3.63) is 102 Å². The van der Waals surface area contributed by atoms with Gasteiger partial charge in [0.2, 0.25) is 5.75 Å². The van der Waals surface area contributed by atoms with Crippen molar-refractivity contribution in [1.82, 2.24) is 25.5 Å². The van der Waals surface area contributed by atoms with E-state index >= 15 is 0 Å². The number of rotatable bonds is 12. The van der Waals surface area contributed by atoms with E-state index in [1.54, 1.807) is 43.5 Å². The summed E-state index contributed by atoms with van der Waals surface area (Å²) >= 11 is 1.34. The highest BCUT2D eigenvalue weighted by Crippen LogP contribution is 2.38. The van der Waals surface area contributed by atoms with Crippen LogP contribution in [0.25, 0.3) is 0 Å². The highest BCUT2D eigenvalue weighted by atomic mass is 32.2. The molecular formula is C33H35N7O4S2. The van der Waals surface area contributed by atoms with Crippen molar-refractivity contribution in [1.29, 1.82) is 0 Å². The van der Waals surface area contributed by atoms with Gasteiger partial charge in [0.05, 0.1) is 17.8 Å². The molecule has 3 aromatic carbocycles. The summed E-state index contributed by atoms with van der Waals surface area (Å²) in [6, 6.07) is 25.7. The third-order valence-electron chi connectivity index (χ3n) is 7.30. The van der Waals surface area contributed by atoms with E-state index in [1.807, 2.05) is 55.5 Å². The summed E-state index contributed by atoms with van der Waals surface area (Å²) in [5.41, 5.74) is 2.61. The van der Waals surface area contributed by atoms with Crippen LogP contribution in [0.3, 0.4) is 0 Å². The van der Waals surface area contributed by atoms with Gasteiger partial charge in [-0.05, 0) is 66.2 Å². The molecule has 0 atom stereocenters. The van der Waals surface area contributed by atoms with E-state index in [1.165, 1.54) is 11.8 Å². The number of nitrogens with zero attached hydrogens (tertiary/aromatic N) is 4. The molecule has 0 unspecified atom stereocenters. The van der Waals surface area contributed by atoms with Gasteiger partial charge in [-0.1, -0.05) is 42.5 Å². The minimum Gasteiger partial charge on any atom is -0.490 e. The zero-order valence-corrected chi connectivity index (χ0v) is 27.2. The van der Waals surface area contributed by atoms with Gasteiger partial charge in [-0.2, -0.15) is 5.10 Å². The van der Waals surface area contributed by atoms with E-state index in [9.17, 15) is 8.42 Å². The predicted octanol–water partition coefficient (Wildman–Crippen LogP) is 5.37.